The number of anilines is 1. The largest absolute Gasteiger partial charge is 0.360 e. The summed E-state index contributed by atoms with van der Waals surface area (Å²) in [5, 5.41) is 0. The van der Waals surface area contributed by atoms with E-state index in [-0.39, 0.29) is 5.69 Å². The normalized spacial score (nSPS) is 13.2. The van der Waals surface area contributed by atoms with Crippen molar-refractivity contribution in [2.45, 2.75) is 26.2 Å². The van der Waals surface area contributed by atoms with E-state index in [1.807, 2.05) is 32.3 Å². The first-order valence-electron chi connectivity index (χ1n) is 7.78. The Bertz CT molecular complexity index is 752. The van der Waals surface area contributed by atoms with Crippen molar-refractivity contribution in [2.24, 2.45) is 7.05 Å². The van der Waals surface area contributed by atoms with E-state index in [0.29, 0.717) is 0 Å². The first kappa shape index (κ1) is 14.6. The third-order valence-electron chi connectivity index (χ3n) is 4.17. The summed E-state index contributed by atoms with van der Waals surface area (Å²) in [5.74, 6) is 0.934. The molecular formula is C17H22N4O. The molecule has 0 radical (unpaired) electrons. The van der Waals surface area contributed by atoms with Gasteiger partial charge in [0.25, 0.3) is 0 Å². The van der Waals surface area contributed by atoms with E-state index in [9.17, 15) is 4.79 Å². The van der Waals surface area contributed by atoms with Crippen molar-refractivity contribution in [3.8, 4) is 5.69 Å². The number of hydrogen-bond donors (Lipinski definition) is 0. The molecule has 0 saturated heterocycles. The Morgan fingerprint density at radius 2 is 2.18 bits per heavy atom. The Morgan fingerprint density at radius 1 is 1.36 bits per heavy atom. The van der Waals surface area contributed by atoms with Crippen LogP contribution in [-0.2, 0) is 13.5 Å². The predicted molar refractivity (Wildman–Crippen MR) is 89.7 cm³/mol. The lowest BCUT2D eigenvalue weighted by Gasteiger charge is -2.17. The minimum absolute atomic E-state index is 0.00647. The van der Waals surface area contributed by atoms with Crippen LogP contribution < -0.4 is 10.6 Å². The molecule has 3 rings (SSSR count). The van der Waals surface area contributed by atoms with Gasteiger partial charge < -0.3 is 4.90 Å². The fraction of sp³-hybridized carbons (Fsp3) is 0.412. The average molecular weight is 298 g/mol. The summed E-state index contributed by atoms with van der Waals surface area (Å²) in [6.45, 7) is 3.12. The number of imidazole rings is 1. The van der Waals surface area contributed by atoms with Crippen molar-refractivity contribution >= 4 is 11.9 Å². The number of allylic oxidation sites excluding steroid dienone is 1. The Labute approximate surface area is 130 Å². The van der Waals surface area contributed by atoms with Crippen molar-refractivity contribution in [2.75, 3.05) is 18.5 Å². The number of hydrogen-bond acceptors (Lipinski definition) is 3. The summed E-state index contributed by atoms with van der Waals surface area (Å²) in [4.78, 5) is 19.2. The summed E-state index contributed by atoms with van der Waals surface area (Å²) in [5.41, 5.74) is 2.91. The van der Waals surface area contributed by atoms with Gasteiger partial charge in [-0.25, -0.2) is 9.78 Å². The molecule has 5 nitrogen and oxygen atoms in total. The van der Waals surface area contributed by atoms with Crippen molar-refractivity contribution in [3.63, 3.8) is 0 Å². The number of rotatable bonds is 4. The number of pyridine rings is 1. The topological polar surface area (TPSA) is 43.1 Å². The number of aromatic nitrogens is 3. The summed E-state index contributed by atoms with van der Waals surface area (Å²) in [6.07, 6.45) is 8.89. The van der Waals surface area contributed by atoms with Crippen LogP contribution in [-0.4, -0.2) is 27.7 Å². The molecule has 0 unspecified atom stereocenters. The number of nitrogens with zero attached hydrogens (tertiary/aromatic N) is 4. The highest BCUT2D eigenvalue weighted by Crippen LogP contribution is 2.21. The molecule has 116 valence electrons. The highest BCUT2D eigenvalue weighted by atomic mass is 16.1. The maximum absolute atomic E-state index is 12.5. The monoisotopic (exact) mass is 298 g/mol. The van der Waals surface area contributed by atoms with Crippen LogP contribution in [0.3, 0.4) is 0 Å². The zero-order valence-corrected chi connectivity index (χ0v) is 13.4. The van der Waals surface area contributed by atoms with E-state index in [1.54, 1.807) is 15.3 Å². The smallest absolute Gasteiger partial charge is 0.333 e. The predicted octanol–water partition coefficient (Wildman–Crippen LogP) is 2.38. The van der Waals surface area contributed by atoms with Gasteiger partial charge in [-0.15, -0.1) is 0 Å². The van der Waals surface area contributed by atoms with Gasteiger partial charge in [-0.1, -0.05) is 13.0 Å². The zero-order valence-electron chi connectivity index (χ0n) is 13.4. The van der Waals surface area contributed by atoms with Crippen LogP contribution >= 0.6 is 0 Å². The minimum Gasteiger partial charge on any atom is -0.360 e. The van der Waals surface area contributed by atoms with E-state index in [0.717, 1.165) is 48.7 Å². The third kappa shape index (κ3) is 2.36. The standard InChI is InChI=1S/C17H22N4O/c1-4-11-19(2)16-10-9-13(12-18-16)21-15-8-6-5-7-14(15)20(3)17(21)22/h5,7,9-10,12H,4,6,8,11H2,1-3H3. The minimum atomic E-state index is -0.00647. The molecule has 2 heterocycles. The average Bonchev–Trinajstić information content (AvgIpc) is 2.80. The van der Waals surface area contributed by atoms with Crippen LogP contribution in [0.1, 0.15) is 31.2 Å². The van der Waals surface area contributed by atoms with Gasteiger partial charge in [0.15, 0.2) is 0 Å². The summed E-state index contributed by atoms with van der Waals surface area (Å²) in [7, 11) is 3.86. The Hall–Kier alpha value is -2.30. The molecule has 0 N–H and O–H groups in total. The Morgan fingerprint density at radius 3 is 2.86 bits per heavy atom. The van der Waals surface area contributed by atoms with Crippen molar-refractivity contribution in [1.82, 2.24) is 14.1 Å². The molecule has 2 aromatic heterocycles. The Kier molecular flexibility index (Phi) is 3.88. The van der Waals surface area contributed by atoms with Crippen molar-refractivity contribution in [1.29, 1.82) is 0 Å². The highest BCUT2D eigenvalue weighted by molar-refractivity contribution is 5.54. The summed E-state index contributed by atoms with van der Waals surface area (Å²) in [6, 6.07) is 3.96. The molecule has 0 bridgehead atoms. The molecule has 0 spiro atoms. The maximum atomic E-state index is 12.5. The molecule has 1 aliphatic carbocycles. The van der Waals surface area contributed by atoms with Crippen LogP contribution in [0.25, 0.3) is 11.8 Å². The molecule has 0 aliphatic heterocycles. The van der Waals surface area contributed by atoms with Gasteiger partial charge in [-0.05, 0) is 37.5 Å². The second kappa shape index (κ2) is 5.83. The van der Waals surface area contributed by atoms with Crippen LogP contribution in [0.4, 0.5) is 5.82 Å². The van der Waals surface area contributed by atoms with E-state index in [4.69, 9.17) is 0 Å². The van der Waals surface area contributed by atoms with Crippen LogP contribution in [0.15, 0.2) is 29.2 Å². The molecule has 22 heavy (non-hydrogen) atoms. The van der Waals surface area contributed by atoms with Gasteiger partial charge in [-0.3, -0.25) is 9.13 Å². The lowest BCUT2D eigenvalue weighted by atomic mass is 10.1. The molecule has 1 aliphatic rings. The van der Waals surface area contributed by atoms with E-state index < -0.39 is 0 Å². The van der Waals surface area contributed by atoms with Gasteiger partial charge in [-0.2, -0.15) is 0 Å². The number of fused-ring (bicyclic) bond motifs is 1. The van der Waals surface area contributed by atoms with Crippen molar-refractivity contribution in [3.05, 3.63) is 46.3 Å². The second-order valence-corrected chi connectivity index (χ2v) is 5.75. The van der Waals surface area contributed by atoms with E-state index in [1.165, 1.54) is 0 Å². The fourth-order valence-electron chi connectivity index (χ4n) is 2.99. The molecule has 0 saturated carbocycles. The fourth-order valence-corrected chi connectivity index (χ4v) is 2.99. The lowest BCUT2D eigenvalue weighted by molar-refractivity contribution is 0.805. The highest BCUT2D eigenvalue weighted by Gasteiger charge is 2.19. The molecule has 5 heteroatoms. The first-order chi connectivity index (χ1) is 10.6. The van der Waals surface area contributed by atoms with Crippen molar-refractivity contribution < 1.29 is 0 Å². The molecule has 0 atom stereocenters. The molecule has 0 fully saturated rings. The third-order valence-corrected chi connectivity index (χ3v) is 4.17. The maximum Gasteiger partial charge on any atom is 0.333 e. The van der Waals surface area contributed by atoms with Gasteiger partial charge in [0, 0.05) is 20.6 Å². The molecular weight excluding hydrogens is 276 g/mol. The SMILES string of the molecule is CCCN(C)c1ccc(-n2c3c(n(C)c2=O)C=CCC3)cn1. The first-order valence-corrected chi connectivity index (χ1v) is 7.78. The Balaban J connectivity index is 2.02. The van der Waals surface area contributed by atoms with Gasteiger partial charge in [0.05, 0.1) is 23.3 Å². The summed E-state index contributed by atoms with van der Waals surface area (Å²) < 4.78 is 3.50. The van der Waals surface area contributed by atoms with Crippen LogP contribution in [0, 0.1) is 0 Å². The van der Waals surface area contributed by atoms with E-state index >= 15 is 0 Å². The van der Waals surface area contributed by atoms with Crippen LogP contribution in [0.5, 0.6) is 0 Å². The van der Waals surface area contributed by atoms with Gasteiger partial charge >= 0.3 is 5.69 Å². The molecule has 2 aromatic rings. The van der Waals surface area contributed by atoms with Gasteiger partial charge in [0.1, 0.15) is 5.82 Å². The molecule has 0 amide bonds. The lowest BCUT2D eigenvalue weighted by Crippen LogP contribution is -2.23. The zero-order chi connectivity index (χ0) is 15.7. The summed E-state index contributed by atoms with van der Waals surface area (Å²) >= 11 is 0. The molecule has 0 aromatic carbocycles. The second-order valence-electron chi connectivity index (χ2n) is 5.75. The van der Waals surface area contributed by atoms with E-state index in [2.05, 4.69) is 22.9 Å². The quantitative estimate of drug-likeness (QED) is 0.870. The van der Waals surface area contributed by atoms with Gasteiger partial charge in [0.2, 0.25) is 0 Å². The van der Waals surface area contributed by atoms with Crippen LogP contribution in [0.2, 0.25) is 0 Å².